The summed E-state index contributed by atoms with van der Waals surface area (Å²) in [5.74, 6) is -0.893. The maximum absolute atomic E-state index is 12.9. The third-order valence-corrected chi connectivity index (χ3v) is 13.9. The molecule has 0 aliphatic carbocycles. The Kier molecular flexibility index (Phi) is 60.3. The molecule has 0 bridgehead atoms. The molecule has 6 heteroatoms. The van der Waals surface area contributed by atoms with Crippen LogP contribution in [0.1, 0.15) is 316 Å². The van der Waals surface area contributed by atoms with Crippen molar-refractivity contribution in [2.45, 2.75) is 322 Å². The largest absolute Gasteiger partial charge is 0.462 e. The summed E-state index contributed by atoms with van der Waals surface area (Å²) in [5.41, 5.74) is 0. The van der Waals surface area contributed by atoms with Gasteiger partial charge in [0.05, 0.1) is 0 Å². The van der Waals surface area contributed by atoms with Gasteiger partial charge in [0.2, 0.25) is 0 Å². The van der Waals surface area contributed by atoms with Gasteiger partial charge < -0.3 is 14.2 Å². The van der Waals surface area contributed by atoms with Crippen molar-refractivity contribution in [1.82, 2.24) is 0 Å². The zero-order valence-electron chi connectivity index (χ0n) is 49.6. The van der Waals surface area contributed by atoms with E-state index in [9.17, 15) is 14.4 Å². The Morgan fingerprint density at radius 2 is 0.520 bits per heavy atom. The van der Waals surface area contributed by atoms with Crippen molar-refractivity contribution in [3.63, 3.8) is 0 Å². The van der Waals surface area contributed by atoms with Crippen molar-refractivity contribution >= 4 is 17.9 Å². The van der Waals surface area contributed by atoms with Crippen LogP contribution in [0.3, 0.4) is 0 Å². The first-order valence-corrected chi connectivity index (χ1v) is 32.1. The fraction of sp³-hybridized carbons (Fsp3) is 0.754. The lowest BCUT2D eigenvalue weighted by Gasteiger charge is -2.18. The Labute approximate surface area is 465 Å². The van der Waals surface area contributed by atoms with Crippen LogP contribution in [0, 0.1) is 0 Å². The Hall–Kier alpha value is -3.41. The summed E-state index contributed by atoms with van der Waals surface area (Å²) in [6, 6.07) is 0. The van der Waals surface area contributed by atoms with Crippen molar-refractivity contribution in [3.05, 3.63) is 85.1 Å². The fourth-order valence-electron chi connectivity index (χ4n) is 9.09. The zero-order chi connectivity index (χ0) is 54.3. The zero-order valence-corrected chi connectivity index (χ0v) is 49.6. The summed E-state index contributed by atoms with van der Waals surface area (Å²) in [4.78, 5) is 38.3. The molecule has 0 aromatic rings. The number of ether oxygens (including phenoxy) is 3. The van der Waals surface area contributed by atoms with Crippen molar-refractivity contribution in [1.29, 1.82) is 0 Å². The van der Waals surface area contributed by atoms with Crippen molar-refractivity contribution in [2.24, 2.45) is 0 Å². The Morgan fingerprint density at radius 3 is 0.827 bits per heavy atom. The van der Waals surface area contributed by atoms with Gasteiger partial charge in [0.1, 0.15) is 13.2 Å². The molecule has 0 aliphatic heterocycles. The van der Waals surface area contributed by atoms with E-state index in [1.54, 1.807) is 0 Å². The predicted octanol–water partition coefficient (Wildman–Crippen LogP) is 21.9. The van der Waals surface area contributed by atoms with E-state index in [4.69, 9.17) is 14.2 Å². The molecule has 0 heterocycles. The smallest absolute Gasteiger partial charge is 0.306 e. The predicted molar refractivity (Wildman–Crippen MR) is 325 cm³/mol. The van der Waals surface area contributed by atoms with Gasteiger partial charge in [0.25, 0.3) is 0 Å². The molecule has 0 aromatic heterocycles. The molecule has 0 saturated carbocycles. The van der Waals surface area contributed by atoms with E-state index < -0.39 is 6.10 Å². The third kappa shape index (κ3) is 61.3. The van der Waals surface area contributed by atoms with Crippen molar-refractivity contribution in [3.8, 4) is 0 Å². The van der Waals surface area contributed by atoms with E-state index in [0.717, 1.165) is 116 Å². The highest BCUT2D eigenvalue weighted by atomic mass is 16.6. The number of carbonyl (C=O) groups is 3. The summed E-state index contributed by atoms with van der Waals surface area (Å²) in [6.07, 6.45) is 82.9. The van der Waals surface area contributed by atoms with Gasteiger partial charge in [-0.05, 0) is 96.3 Å². The molecule has 1 unspecified atom stereocenters. The molecule has 0 radical (unpaired) electrons. The van der Waals surface area contributed by atoms with Crippen LogP contribution in [-0.2, 0) is 28.6 Å². The van der Waals surface area contributed by atoms with Crippen LogP contribution in [0.5, 0.6) is 0 Å². The minimum absolute atomic E-state index is 0.0847. The Balaban J connectivity index is 4.39. The number of unbranched alkanes of at least 4 members (excludes halogenated alkanes) is 33. The highest BCUT2D eigenvalue weighted by Crippen LogP contribution is 2.17. The summed E-state index contributed by atoms with van der Waals surface area (Å²) in [5, 5.41) is 0. The Morgan fingerprint density at radius 1 is 0.280 bits per heavy atom. The van der Waals surface area contributed by atoms with Crippen molar-refractivity contribution in [2.75, 3.05) is 13.2 Å². The standard InChI is InChI=1S/C69H120O6/c1-4-7-10-13-16-19-22-25-28-31-33-34-35-36-37-39-41-44-47-50-53-56-59-62-68(71)74-65-66(64-73-67(70)61-58-55-52-49-46-43-40-30-27-24-21-18-15-12-9-6-3)75-69(72)63-60-57-54-51-48-45-42-38-32-29-26-23-20-17-14-11-8-5-2/h7,10,16,19,21,24-25,28,30,33-34,36-37,40,66H,4-6,8-9,11-15,17-18,20,22-23,26-27,29,31-32,35,38-39,41-65H2,1-3H3/b10-7-,19-16-,24-21-,28-25-,34-33-,37-36-,40-30-. The van der Waals surface area contributed by atoms with Crippen LogP contribution in [0.4, 0.5) is 0 Å². The number of allylic oxidation sites excluding steroid dienone is 14. The third-order valence-electron chi connectivity index (χ3n) is 13.9. The molecule has 0 fully saturated rings. The van der Waals surface area contributed by atoms with E-state index in [1.165, 1.54) is 161 Å². The second-order valence-electron chi connectivity index (χ2n) is 21.3. The highest BCUT2D eigenvalue weighted by molar-refractivity contribution is 5.71. The van der Waals surface area contributed by atoms with E-state index in [-0.39, 0.29) is 31.1 Å². The molecule has 0 aromatic carbocycles. The first-order chi connectivity index (χ1) is 37.0. The van der Waals surface area contributed by atoms with Crippen LogP contribution < -0.4 is 0 Å². The monoisotopic (exact) mass is 1040 g/mol. The lowest BCUT2D eigenvalue weighted by atomic mass is 10.0. The molecular formula is C69H120O6. The van der Waals surface area contributed by atoms with Gasteiger partial charge in [-0.15, -0.1) is 0 Å². The molecule has 6 nitrogen and oxygen atoms in total. The Bertz CT molecular complexity index is 1430. The molecule has 1 atom stereocenters. The van der Waals surface area contributed by atoms with Crippen LogP contribution in [0.25, 0.3) is 0 Å². The average molecular weight is 1050 g/mol. The van der Waals surface area contributed by atoms with Crippen LogP contribution in [0.2, 0.25) is 0 Å². The first kappa shape index (κ1) is 71.6. The molecule has 0 spiro atoms. The normalized spacial score (nSPS) is 12.6. The highest BCUT2D eigenvalue weighted by Gasteiger charge is 2.19. The van der Waals surface area contributed by atoms with Gasteiger partial charge in [-0.1, -0.05) is 286 Å². The van der Waals surface area contributed by atoms with Crippen LogP contribution in [-0.4, -0.2) is 37.2 Å². The molecular weight excluding hydrogens is 925 g/mol. The lowest BCUT2D eigenvalue weighted by Crippen LogP contribution is -2.30. The van der Waals surface area contributed by atoms with Gasteiger partial charge in [0.15, 0.2) is 6.10 Å². The second kappa shape index (κ2) is 63.1. The van der Waals surface area contributed by atoms with Gasteiger partial charge in [-0.25, -0.2) is 0 Å². The number of carbonyl (C=O) groups excluding carboxylic acids is 3. The molecule has 0 amide bonds. The molecule has 0 aliphatic rings. The van der Waals surface area contributed by atoms with E-state index in [0.29, 0.717) is 19.3 Å². The van der Waals surface area contributed by atoms with E-state index in [1.807, 2.05) is 0 Å². The summed E-state index contributed by atoms with van der Waals surface area (Å²) in [6.45, 7) is 6.53. The number of esters is 3. The van der Waals surface area contributed by atoms with Crippen molar-refractivity contribution < 1.29 is 28.6 Å². The number of rotatable bonds is 58. The maximum atomic E-state index is 12.9. The molecule has 0 saturated heterocycles. The van der Waals surface area contributed by atoms with Crippen LogP contribution in [0.15, 0.2) is 85.1 Å². The molecule has 432 valence electrons. The minimum Gasteiger partial charge on any atom is -0.462 e. The summed E-state index contributed by atoms with van der Waals surface area (Å²) >= 11 is 0. The quantitative estimate of drug-likeness (QED) is 0.0261. The summed E-state index contributed by atoms with van der Waals surface area (Å²) < 4.78 is 16.9. The first-order valence-electron chi connectivity index (χ1n) is 32.1. The SMILES string of the molecule is CC/C=C\C/C=C\C/C=C\C/C=C\C/C=C\CCCCCCCCCC(=O)OCC(COC(=O)CCCCCCC/C=C\C/C=C\CCCCCC)OC(=O)CCCCCCCCCCCCCCCCCCCC. The summed E-state index contributed by atoms with van der Waals surface area (Å²) in [7, 11) is 0. The molecule has 0 rings (SSSR count). The van der Waals surface area contributed by atoms with Gasteiger partial charge in [0, 0.05) is 19.3 Å². The van der Waals surface area contributed by atoms with Gasteiger partial charge in [-0.2, -0.15) is 0 Å². The average Bonchev–Trinajstić information content (AvgIpc) is 3.41. The van der Waals surface area contributed by atoms with Gasteiger partial charge in [-0.3, -0.25) is 14.4 Å². The lowest BCUT2D eigenvalue weighted by molar-refractivity contribution is -0.167. The topological polar surface area (TPSA) is 78.9 Å². The second-order valence-corrected chi connectivity index (χ2v) is 21.3. The number of hydrogen-bond acceptors (Lipinski definition) is 6. The number of hydrogen-bond donors (Lipinski definition) is 0. The minimum atomic E-state index is -0.787. The molecule has 75 heavy (non-hydrogen) atoms. The van der Waals surface area contributed by atoms with Crippen LogP contribution >= 0.6 is 0 Å². The van der Waals surface area contributed by atoms with E-state index in [2.05, 4.69) is 106 Å². The fourth-order valence-corrected chi connectivity index (χ4v) is 9.09. The van der Waals surface area contributed by atoms with E-state index >= 15 is 0 Å². The maximum Gasteiger partial charge on any atom is 0.306 e. The van der Waals surface area contributed by atoms with Gasteiger partial charge >= 0.3 is 17.9 Å². The molecule has 0 N–H and O–H groups in total.